The van der Waals surface area contributed by atoms with Crippen LogP contribution >= 0.6 is 0 Å². The molecule has 0 saturated heterocycles. The molecule has 0 heterocycles. The Labute approximate surface area is 105 Å². The molecule has 0 aliphatic rings. The molecule has 0 fully saturated rings. The summed E-state index contributed by atoms with van der Waals surface area (Å²) in [5, 5.41) is 0. The van der Waals surface area contributed by atoms with Gasteiger partial charge in [-0.05, 0) is 19.1 Å². The number of halogens is 3. The van der Waals surface area contributed by atoms with Gasteiger partial charge in [0.1, 0.15) is 0 Å². The minimum absolute atomic E-state index is 0. The average molecular weight is 425 g/mol. The summed E-state index contributed by atoms with van der Waals surface area (Å²) in [5.74, 6) is 0. The molecule has 0 saturated carbocycles. The summed E-state index contributed by atoms with van der Waals surface area (Å²) in [6.45, 7) is 5.20. The number of hydrogen-bond donors (Lipinski definition) is 0. The Morgan fingerprint density at radius 3 is 2.21 bits per heavy atom. The molecule has 0 N–H and O–H groups in total. The van der Waals surface area contributed by atoms with Gasteiger partial charge in [-0.25, -0.2) is 0 Å². The zero-order valence-corrected chi connectivity index (χ0v) is 11.9. The summed E-state index contributed by atoms with van der Waals surface area (Å²) in [6.07, 6.45) is -3.87. The number of alkyl halides is 3. The SMILES string of the molecule is [CH2-]Cc1cc(C)cc(C(F)(F)F)c1.[U]. The number of hydrogen-bond acceptors (Lipinski definition) is 0. The Hall–Kier alpha value is 0.0619. The van der Waals surface area contributed by atoms with Crippen LogP contribution in [0.25, 0.3) is 0 Å². The van der Waals surface area contributed by atoms with Crippen molar-refractivity contribution >= 4 is 0 Å². The molecule has 1 rings (SSSR count). The third-order valence-corrected chi connectivity index (χ3v) is 1.75. The van der Waals surface area contributed by atoms with Crippen molar-refractivity contribution in [2.75, 3.05) is 0 Å². The molecule has 0 radical (unpaired) electrons. The molecule has 0 nitrogen and oxygen atoms in total. The minimum Gasteiger partial charge on any atom is -0.339 e. The molecule has 0 amide bonds. The van der Waals surface area contributed by atoms with Crippen molar-refractivity contribution in [3.63, 3.8) is 0 Å². The van der Waals surface area contributed by atoms with E-state index >= 15 is 0 Å². The third kappa shape index (κ3) is 3.67. The van der Waals surface area contributed by atoms with Gasteiger partial charge in [0.2, 0.25) is 0 Å². The molecule has 0 aromatic heterocycles. The van der Waals surface area contributed by atoms with Crippen LogP contribution in [0.5, 0.6) is 0 Å². The molecule has 4 heteroatoms. The van der Waals surface area contributed by atoms with Crippen LogP contribution in [0.4, 0.5) is 13.2 Å². The monoisotopic (exact) mass is 425 g/mol. The predicted octanol–water partition coefficient (Wildman–Crippen LogP) is 3.39. The largest absolute Gasteiger partial charge is 0.416 e. The molecule has 0 atom stereocenters. The molecular formula is C10H10F3U-. The van der Waals surface area contributed by atoms with E-state index < -0.39 is 11.7 Å². The summed E-state index contributed by atoms with van der Waals surface area (Å²) in [4.78, 5) is 0. The van der Waals surface area contributed by atoms with Crippen molar-refractivity contribution in [1.82, 2.24) is 0 Å². The van der Waals surface area contributed by atoms with E-state index in [1.807, 2.05) is 0 Å². The fourth-order valence-electron chi connectivity index (χ4n) is 1.17. The maximum Gasteiger partial charge on any atom is 0.416 e. The summed E-state index contributed by atoms with van der Waals surface area (Å²) >= 11 is 0. The summed E-state index contributed by atoms with van der Waals surface area (Å²) < 4.78 is 36.8. The zero-order chi connectivity index (χ0) is 10.1. The molecule has 1 aromatic rings. The first kappa shape index (κ1) is 14.1. The van der Waals surface area contributed by atoms with Gasteiger partial charge >= 0.3 is 6.18 Å². The molecule has 0 spiro atoms. The Morgan fingerprint density at radius 2 is 1.79 bits per heavy atom. The van der Waals surface area contributed by atoms with Crippen LogP contribution in [0, 0.1) is 45.0 Å². The van der Waals surface area contributed by atoms with Crippen LogP contribution in [-0.4, -0.2) is 0 Å². The van der Waals surface area contributed by atoms with Crippen LogP contribution in [0.3, 0.4) is 0 Å². The Balaban J connectivity index is 0.00000169. The van der Waals surface area contributed by atoms with Crippen molar-refractivity contribution in [3.05, 3.63) is 41.8 Å². The van der Waals surface area contributed by atoms with E-state index in [0.29, 0.717) is 17.5 Å². The van der Waals surface area contributed by atoms with Crippen LogP contribution in [0.1, 0.15) is 16.7 Å². The van der Waals surface area contributed by atoms with Gasteiger partial charge in [0.05, 0.1) is 5.56 Å². The second-order valence-electron chi connectivity index (χ2n) is 2.96. The van der Waals surface area contributed by atoms with Crippen molar-refractivity contribution in [2.24, 2.45) is 0 Å². The van der Waals surface area contributed by atoms with Crippen molar-refractivity contribution in [2.45, 2.75) is 19.5 Å². The molecule has 1 aromatic carbocycles. The molecule has 0 unspecified atom stereocenters. The minimum atomic E-state index is -4.25. The second kappa shape index (κ2) is 5.23. The average Bonchev–Trinajstić information content (AvgIpc) is 2.01. The number of aryl methyl sites for hydroxylation is 1. The first-order valence-electron chi connectivity index (χ1n) is 3.90. The normalized spacial score (nSPS) is 10.9. The van der Waals surface area contributed by atoms with Crippen molar-refractivity contribution < 1.29 is 44.3 Å². The second-order valence-corrected chi connectivity index (χ2v) is 2.96. The van der Waals surface area contributed by atoms with Gasteiger partial charge in [-0.15, -0.1) is 0 Å². The topological polar surface area (TPSA) is 0 Å². The fraction of sp³-hybridized carbons (Fsp3) is 0.300. The van der Waals surface area contributed by atoms with Gasteiger partial charge in [0.15, 0.2) is 0 Å². The van der Waals surface area contributed by atoms with Crippen molar-refractivity contribution in [3.8, 4) is 0 Å². The van der Waals surface area contributed by atoms with Gasteiger partial charge < -0.3 is 6.92 Å². The van der Waals surface area contributed by atoms with E-state index in [2.05, 4.69) is 6.92 Å². The Kier molecular flexibility index (Phi) is 5.25. The Morgan fingerprint density at radius 1 is 1.21 bits per heavy atom. The van der Waals surface area contributed by atoms with Crippen LogP contribution in [-0.2, 0) is 12.6 Å². The van der Waals surface area contributed by atoms with E-state index in [0.717, 1.165) is 12.1 Å². The van der Waals surface area contributed by atoms with E-state index in [4.69, 9.17) is 0 Å². The molecular weight excluding hydrogens is 415 g/mol. The van der Waals surface area contributed by atoms with Crippen LogP contribution in [0.2, 0.25) is 0 Å². The Bertz CT molecular complexity index is 305. The fourth-order valence-corrected chi connectivity index (χ4v) is 1.17. The molecule has 76 valence electrons. The van der Waals surface area contributed by atoms with Crippen molar-refractivity contribution in [1.29, 1.82) is 0 Å². The molecule has 0 aliphatic carbocycles. The first-order valence-corrected chi connectivity index (χ1v) is 3.90. The maximum atomic E-state index is 12.3. The van der Waals surface area contributed by atoms with E-state index in [1.54, 1.807) is 13.0 Å². The van der Waals surface area contributed by atoms with Gasteiger partial charge in [-0.1, -0.05) is 17.2 Å². The zero-order valence-electron chi connectivity index (χ0n) is 7.78. The number of rotatable bonds is 1. The van der Waals surface area contributed by atoms with Crippen LogP contribution < -0.4 is 0 Å². The summed E-state index contributed by atoms with van der Waals surface area (Å²) in [5.41, 5.74) is 0.645. The van der Waals surface area contributed by atoms with Crippen LogP contribution in [0.15, 0.2) is 18.2 Å². The summed E-state index contributed by atoms with van der Waals surface area (Å²) in [7, 11) is 0. The van der Waals surface area contributed by atoms with Gasteiger partial charge in [-0.3, -0.25) is 0 Å². The summed E-state index contributed by atoms with van der Waals surface area (Å²) in [6, 6.07) is 3.99. The van der Waals surface area contributed by atoms with E-state index in [9.17, 15) is 13.2 Å². The first-order chi connectivity index (χ1) is 5.93. The number of benzene rings is 1. The molecule has 0 bridgehead atoms. The van der Waals surface area contributed by atoms with Gasteiger partial charge in [0.25, 0.3) is 0 Å². The van der Waals surface area contributed by atoms with E-state index in [-0.39, 0.29) is 31.1 Å². The molecule has 0 aliphatic heterocycles. The van der Waals surface area contributed by atoms with Gasteiger partial charge in [-0.2, -0.15) is 19.6 Å². The third-order valence-electron chi connectivity index (χ3n) is 1.75. The quantitative estimate of drug-likeness (QED) is 0.606. The smallest absolute Gasteiger partial charge is 0.339 e. The van der Waals surface area contributed by atoms with Gasteiger partial charge in [0, 0.05) is 31.1 Å². The standard InChI is InChI=1S/C10H10F3.U/c1-3-8-4-7(2)5-9(6-8)10(11,12)13;/h4-6H,1,3H2,2H3;/q-1;. The maximum absolute atomic E-state index is 12.3. The predicted molar refractivity (Wildman–Crippen MR) is 45.2 cm³/mol. The van der Waals surface area contributed by atoms with E-state index in [1.165, 1.54) is 0 Å². The molecule has 14 heavy (non-hydrogen) atoms.